The van der Waals surface area contributed by atoms with Crippen molar-refractivity contribution in [2.24, 2.45) is 16.3 Å². The first-order valence-corrected chi connectivity index (χ1v) is 12.1. The van der Waals surface area contributed by atoms with Crippen LogP contribution in [0.15, 0.2) is 64.8 Å². The number of benzene rings is 2. The van der Waals surface area contributed by atoms with Crippen molar-refractivity contribution >= 4 is 17.5 Å². The lowest BCUT2D eigenvalue weighted by molar-refractivity contribution is -0.146. The Bertz CT molecular complexity index is 1180. The van der Waals surface area contributed by atoms with Crippen LogP contribution >= 0.6 is 0 Å². The van der Waals surface area contributed by atoms with Crippen LogP contribution < -0.4 is 9.47 Å². The summed E-state index contributed by atoms with van der Waals surface area (Å²) in [4.78, 5) is 31.2. The summed E-state index contributed by atoms with van der Waals surface area (Å²) in [7, 11) is 1.59. The first-order chi connectivity index (χ1) is 16.7. The Morgan fingerprint density at radius 1 is 1.09 bits per heavy atom. The zero-order valence-corrected chi connectivity index (χ0v) is 21.1. The fraction of sp³-hybridized carbons (Fsp3) is 0.414. The highest BCUT2D eigenvalue weighted by Crippen LogP contribution is 2.49. The minimum atomic E-state index is -0.667. The van der Waals surface area contributed by atoms with Gasteiger partial charge in [-0.05, 0) is 48.9 Å². The molecule has 0 radical (unpaired) electrons. The molecule has 0 saturated carbocycles. The molecule has 2 aromatic carbocycles. The number of ketones is 1. The summed E-state index contributed by atoms with van der Waals surface area (Å²) in [5.41, 5.74) is 3.74. The van der Waals surface area contributed by atoms with Crippen LogP contribution in [0, 0.1) is 11.3 Å². The summed E-state index contributed by atoms with van der Waals surface area (Å²) >= 11 is 0. The van der Waals surface area contributed by atoms with E-state index in [0.717, 1.165) is 16.8 Å². The molecule has 2 aliphatic rings. The standard InChI is InChI=1S/C29H33NO5/c1-6-34-28(32)25-18(2)30-21-15-29(3,4)16-22(31)27(21)26(25)20-12-13-23(24(14-20)33-5)35-17-19-10-8-7-9-11-19/h7-14,25-26H,6,15-17H2,1-5H3/t25?,26-/m0/s1. The molecule has 0 amide bonds. The summed E-state index contributed by atoms with van der Waals surface area (Å²) in [5.74, 6) is -0.338. The van der Waals surface area contributed by atoms with E-state index >= 15 is 0 Å². The Labute approximate surface area is 207 Å². The van der Waals surface area contributed by atoms with Crippen molar-refractivity contribution in [3.05, 3.63) is 70.9 Å². The maximum Gasteiger partial charge on any atom is 0.315 e. The van der Waals surface area contributed by atoms with Crippen molar-refractivity contribution in [3.8, 4) is 11.5 Å². The molecule has 0 spiro atoms. The predicted octanol–water partition coefficient (Wildman–Crippen LogP) is 5.65. The van der Waals surface area contributed by atoms with Gasteiger partial charge in [-0.3, -0.25) is 14.6 Å². The van der Waals surface area contributed by atoms with Crippen LogP contribution in [-0.2, 0) is 20.9 Å². The average Bonchev–Trinajstić information content (AvgIpc) is 2.81. The van der Waals surface area contributed by atoms with Gasteiger partial charge < -0.3 is 14.2 Å². The number of esters is 1. The van der Waals surface area contributed by atoms with Gasteiger partial charge in [0.1, 0.15) is 12.5 Å². The Morgan fingerprint density at radius 2 is 1.83 bits per heavy atom. The lowest BCUT2D eigenvalue weighted by Crippen LogP contribution is -2.39. The smallest absolute Gasteiger partial charge is 0.315 e. The van der Waals surface area contributed by atoms with E-state index in [-0.39, 0.29) is 23.8 Å². The highest BCUT2D eigenvalue weighted by atomic mass is 16.5. The number of allylic oxidation sites excluding steroid dienone is 2. The van der Waals surface area contributed by atoms with E-state index in [4.69, 9.17) is 19.2 Å². The molecule has 1 unspecified atom stereocenters. The quantitative estimate of drug-likeness (QED) is 0.484. The lowest BCUT2D eigenvalue weighted by Gasteiger charge is -2.39. The monoisotopic (exact) mass is 475 g/mol. The third kappa shape index (κ3) is 5.16. The summed E-state index contributed by atoms with van der Waals surface area (Å²) in [6, 6.07) is 15.5. The Morgan fingerprint density at radius 3 is 2.51 bits per heavy atom. The Hall–Kier alpha value is -3.41. The molecule has 2 aromatic rings. The number of Topliss-reactive ketones (excluding diaryl/α,β-unsaturated/α-hetero) is 1. The second-order valence-corrected chi connectivity index (χ2v) is 9.95. The molecule has 184 valence electrons. The lowest BCUT2D eigenvalue weighted by atomic mass is 9.67. The highest BCUT2D eigenvalue weighted by Gasteiger charge is 2.46. The predicted molar refractivity (Wildman–Crippen MR) is 135 cm³/mol. The topological polar surface area (TPSA) is 74.2 Å². The largest absolute Gasteiger partial charge is 0.493 e. The maximum absolute atomic E-state index is 13.4. The minimum absolute atomic E-state index is 0.0372. The summed E-state index contributed by atoms with van der Waals surface area (Å²) in [5, 5.41) is 0. The number of aliphatic imine (C=N–C) groups is 1. The van der Waals surface area contributed by atoms with Crippen molar-refractivity contribution in [3.63, 3.8) is 0 Å². The van der Waals surface area contributed by atoms with E-state index in [0.29, 0.717) is 42.2 Å². The number of hydrogen-bond donors (Lipinski definition) is 0. The summed E-state index contributed by atoms with van der Waals surface area (Å²) < 4.78 is 17.1. The fourth-order valence-electron chi connectivity index (χ4n) is 5.07. The number of ether oxygens (including phenoxy) is 3. The number of nitrogens with zero attached hydrogens (tertiary/aromatic N) is 1. The second-order valence-electron chi connectivity index (χ2n) is 9.95. The van der Waals surface area contributed by atoms with Gasteiger partial charge in [-0.15, -0.1) is 0 Å². The molecule has 1 aliphatic carbocycles. The summed E-state index contributed by atoms with van der Waals surface area (Å²) in [6.07, 6.45) is 1.11. The van der Waals surface area contributed by atoms with E-state index in [1.165, 1.54) is 0 Å². The third-order valence-corrected chi connectivity index (χ3v) is 6.63. The van der Waals surface area contributed by atoms with Gasteiger partial charge in [0.25, 0.3) is 0 Å². The Balaban J connectivity index is 1.75. The molecule has 2 atom stereocenters. The second kappa shape index (κ2) is 10.1. The van der Waals surface area contributed by atoms with Gasteiger partial charge in [0.15, 0.2) is 17.3 Å². The molecule has 4 rings (SSSR count). The van der Waals surface area contributed by atoms with Crippen LogP contribution in [0.4, 0.5) is 0 Å². The van der Waals surface area contributed by atoms with Gasteiger partial charge in [0.2, 0.25) is 0 Å². The number of hydrogen-bond acceptors (Lipinski definition) is 6. The van der Waals surface area contributed by atoms with E-state index in [9.17, 15) is 9.59 Å². The van der Waals surface area contributed by atoms with Crippen molar-refractivity contribution in [1.82, 2.24) is 0 Å². The van der Waals surface area contributed by atoms with Crippen LogP contribution in [-0.4, -0.2) is 31.2 Å². The van der Waals surface area contributed by atoms with Crippen molar-refractivity contribution in [2.75, 3.05) is 13.7 Å². The highest BCUT2D eigenvalue weighted by molar-refractivity contribution is 6.09. The molecule has 35 heavy (non-hydrogen) atoms. The van der Waals surface area contributed by atoms with Crippen LogP contribution in [0.1, 0.15) is 57.6 Å². The molecule has 0 saturated heterocycles. The molecule has 6 heteroatoms. The normalized spacial score (nSPS) is 21.2. The molecule has 0 aromatic heterocycles. The summed E-state index contributed by atoms with van der Waals surface area (Å²) in [6.45, 7) is 8.45. The van der Waals surface area contributed by atoms with Gasteiger partial charge in [-0.1, -0.05) is 50.2 Å². The van der Waals surface area contributed by atoms with Gasteiger partial charge in [-0.2, -0.15) is 0 Å². The number of carbonyl (C=O) groups is 2. The number of carbonyl (C=O) groups excluding carboxylic acids is 2. The van der Waals surface area contributed by atoms with E-state index in [1.807, 2.05) is 55.5 Å². The van der Waals surface area contributed by atoms with E-state index < -0.39 is 11.8 Å². The van der Waals surface area contributed by atoms with Gasteiger partial charge in [0, 0.05) is 29.3 Å². The van der Waals surface area contributed by atoms with Gasteiger partial charge in [0.05, 0.1) is 13.7 Å². The zero-order valence-electron chi connectivity index (χ0n) is 21.1. The Kier molecular flexibility index (Phi) is 7.10. The van der Waals surface area contributed by atoms with Gasteiger partial charge in [-0.25, -0.2) is 0 Å². The van der Waals surface area contributed by atoms with Crippen molar-refractivity contribution < 1.29 is 23.8 Å². The molecule has 6 nitrogen and oxygen atoms in total. The van der Waals surface area contributed by atoms with Crippen LogP contribution in [0.3, 0.4) is 0 Å². The molecule has 0 fully saturated rings. The zero-order chi connectivity index (χ0) is 25.2. The maximum atomic E-state index is 13.4. The van der Waals surface area contributed by atoms with Gasteiger partial charge >= 0.3 is 5.97 Å². The van der Waals surface area contributed by atoms with Crippen LogP contribution in [0.5, 0.6) is 11.5 Å². The first-order valence-electron chi connectivity index (χ1n) is 12.1. The van der Waals surface area contributed by atoms with E-state index in [2.05, 4.69) is 13.8 Å². The fourth-order valence-corrected chi connectivity index (χ4v) is 5.07. The molecule has 0 N–H and O–H groups in total. The molecule has 1 aliphatic heterocycles. The van der Waals surface area contributed by atoms with Crippen LogP contribution in [0.25, 0.3) is 0 Å². The molecular weight excluding hydrogens is 442 g/mol. The van der Waals surface area contributed by atoms with E-state index in [1.54, 1.807) is 14.0 Å². The molecular formula is C29H33NO5. The number of rotatable bonds is 7. The first kappa shape index (κ1) is 24.7. The average molecular weight is 476 g/mol. The van der Waals surface area contributed by atoms with Crippen molar-refractivity contribution in [1.29, 1.82) is 0 Å². The third-order valence-electron chi connectivity index (χ3n) is 6.63. The SMILES string of the molecule is CCOC(=O)C1C(C)=NC2=C(C(=O)CC(C)(C)C2)[C@H]1c1ccc(OCc2ccccc2)c(OC)c1. The number of methoxy groups -OCH3 is 1. The molecule has 0 bridgehead atoms. The molecule has 1 heterocycles. The van der Waals surface area contributed by atoms with Crippen LogP contribution in [0.2, 0.25) is 0 Å². The van der Waals surface area contributed by atoms with Crippen molar-refractivity contribution in [2.45, 2.75) is 53.1 Å². The minimum Gasteiger partial charge on any atom is -0.493 e.